The molecule has 1 fully saturated rings. The Labute approximate surface area is 110 Å². The first kappa shape index (κ1) is 13.2. The second-order valence-electron chi connectivity index (χ2n) is 5.14. The van der Waals surface area contributed by atoms with E-state index in [1.165, 1.54) is 18.4 Å². The molecule has 1 aromatic carbocycles. The van der Waals surface area contributed by atoms with Crippen molar-refractivity contribution in [3.63, 3.8) is 0 Å². The summed E-state index contributed by atoms with van der Waals surface area (Å²) >= 11 is 0. The van der Waals surface area contributed by atoms with Crippen molar-refractivity contribution in [1.82, 2.24) is 4.90 Å². The van der Waals surface area contributed by atoms with Gasteiger partial charge in [-0.3, -0.25) is 0 Å². The number of ether oxygens (including phenoxy) is 2. The molecular weight excluding hydrogens is 226 g/mol. The molecule has 0 saturated heterocycles. The molecule has 0 spiro atoms. The molecule has 0 amide bonds. The van der Waals surface area contributed by atoms with Crippen LogP contribution < -0.4 is 9.47 Å². The number of rotatable bonds is 6. The van der Waals surface area contributed by atoms with Crippen molar-refractivity contribution < 1.29 is 9.47 Å². The monoisotopic (exact) mass is 249 g/mol. The Hall–Kier alpha value is -1.22. The number of likely N-dealkylation sites (N-methyl/N-ethyl adjacent to an activating group) is 1. The van der Waals surface area contributed by atoms with Crippen molar-refractivity contribution >= 4 is 0 Å². The SMILES string of the molecule is COc1ccc(CC(C)N(C)C2CC2)cc1OC. The number of nitrogens with zero attached hydrogens (tertiary/aromatic N) is 1. The minimum absolute atomic E-state index is 0.565. The maximum atomic E-state index is 5.34. The smallest absolute Gasteiger partial charge is 0.160 e. The third-order valence-corrected chi connectivity index (χ3v) is 3.80. The van der Waals surface area contributed by atoms with Crippen LogP contribution in [0.3, 0.4) is 0 Å². The van der Waals surface area contributed by atoms with Crippen LogP contribution in [0.4, 0.5) is 0 Å². The highest BCUT2D eigenvalue weighted by Gasteiger charge is 2.29. The van der Waals surface area contributed by atoms with Gasteiger partial charge in [-0.2, -0.15) is 0 Å². The standard InChI is InChI=1S/C15H23NO2/c1-11(16(2)13-6-7-13)9-12-5-8-14(17-3)15(10-12)18-4/h5,8,10-11,13H,6-7,9H2,1-4H3. The lowest BCUT2D eigenvalue weighted by Crippen LogP contribution is -2.32. The highest BCUT2D eigenvalue weighted by atomic mass is 16.5. The molecule has 1 aromatic rings. The Morgan fingerprint density at radius 1 is 1.22 bits per heavy atom. The van der Waals surface area contributed by atoms with E-state index in [2.05, 4.69) is 31.0 Å². The molecule has 0 N–H and O–H groups in total. The van der Waals surface area contributed by atoms with Crippen molar-refractivity contribution in [3.05, 3.63) is 23.8 Å². The van der Waals surface area contributed by atoms with E-state index in [0.717, 1.165) is 24.0 Å². The molecule has 1 aliphatic rings. The first-order valence-electron chi connectivity index (χ1n) is 6.58. The molecule has 18 heavy (non-hydrogen) atoms. The van der Waals surface area contributed by atoms with Crippen LogP contribution in [0.5, 0.6) is 11.5 Å². The topological polar surface area (TPSA) is 21.7 Å². The average Bonchev–Trinajstić information content (AvgIpc) is 3.21. The van der Waals surface area contributed by atoms with E-state index in [1.807, 2.05) is 6.07 Å². The summed E-state index contributed by atoms with van der Waals surface area (Å²) in [6.45, 7) is 2.29. The first-order valence-corrected chi connectivity index (χ1v) is 6.58. The molecule has 1 atom stereocenters. The van der Waals surface area contributed by atoms with Crippen LogP contribution in [0, 0.1) is 0 Å². The van der Waals surface area contributed by atoms with Crippen LogP contribution in [-0.4, -0.2) is 38.3 Å². The number of benzene rings is 1. The van der Waals surface area contributed by atoms with E-state index in [1.54, 1.807) is 14.2 Å². The molecule has 0 aliphatic heterocycles. The van der Waals surface area contributed by atoms with Crippen molar-refractivity contribution in [3.8, 4) is 11.5 Å². The van der Waals surface area contributed by atoms with Gasteiger partial charge >= 0.3 is 0 Å². The summed E-state index contributed by atoms with van der Waals surface area (Å²) in [6.07, 6.45) is 3.76. The lowest BCUT2D eigenvalue weighted by Gasteiger charge is -2.24. The van der Waals surface area contributed by atoms with Crippen molar-refractivity contribution in [2.24, 2.45) is 0 Å². The van der Waals surface area contributed by atoms with Crippen molar-refractivity contribution in [1.29, 1.82) is 0 Å². The predicted molar refractivity (Wildman–Crippen MR) is 73.5 cm³/mol. The summed E-state index contributed by atoms with van der Waals surface area (Å²) in [5.74, 6) is 1.61. The zero-order valence-electron chi connectivity index (χ0n) is 11.8. The fraction of sp³-hybridized carbons (Fsp3) is 0.600. The molecule has 3 heteroatoms. The summed E-state index contributed by atoms with van der Waals surface area (Å²) in [5.41, 5.74) is 1.30. The maximum Gasteiger partial charge on any atom is 0.160 e. The fourth-order valence-corrected chi connectivity index (χ4v) is 2.33. The maximum absolute atomic E-state index is 5.34. The summed E-state index contributed by atoms with van der Waals surface area (Å²) < 4.78 is 10.6. The van der Waals surface area contributed by atoms with Gasteiger partial charge in [-0.25, -0.2) is 0 Å². The van der Waals surface area contributed by atoms with Gasteiger partial charge < -0.3 is 14.4 Å². The van der Waals surface area contributed by atoms with Gasteiger partial charge in [0.1, 0.15) is 0 Å². The van der Waals surface area contributed by atoms with Gasteiger partial charge in [-0.05, 0) is 50.9 Å². The van der Waals surface area contributed by atoms with Crippen LogP contribution in [0.2, 0.25) is 0 Å². The molecule has 1 unspecified atom stereocenters. The zero-order valence-corrected chi connectivity index (χ0v) is 11.8. The van der Waals surface area contributed by atoms with Crippen molar-refractivity contribution in [2.75, 3.05) is 21.3 Å². The minimum atomic E-state index is 0.565. The van der Waals surface area contributed by atoms with E-state index in [4.69, 9.17) is 9.47 Å². The summed E-state index contributed by atoms with van der Waals surface area (Å²) in [5, 5.41) is 0. The second-order valence-corrected chi connectivity index (χ2v) is 5.14. The second kappa shape index (κ2) is 5.61. The molecular formula is C15H23NO2. The average molecular weight is 249 g/mol. The lowest BCUT2D eigenvalue weighted by molar-refractivity contribution is 0.246. The third kappa shape index (κ3) is 2.96. The van der Waals surface area contributed by atoms with E-state index in [0.29, 0.717) is 6.04 Å². The normalized spacial score (nSPS) is 16.7. The zero-order chi connectivity index (χ0) is 13.1. The Balaban J connectivity index is 2.04. The van der Waals surface area contributed by atoms with Crippen LogP contribution in [0.15, 0.2) is 18.2 Å². The van der Waals surface area contributed by atoms with Gasteiger partial charge in [0.25, 0.3) is 0 Å². The van der Waals surface area contributed by atoms with Crippen LogP contribution in [0.25, 0.3) is 0 Å². The van der Waals surface area contributed by atoms with Crippen molar-refractivity contribution in [2.45, 2.75) is 38.3 Å². The van der Waals surface area contributed by atoms with Gasteiger partial charge in [-0.15, -0.1) is 0 Å². The summed E-state index contributed by atoms with van der Waals surface area (Å²) in [6, 6.07) is 7.56. The Bertz CT molecular complexity index is 401. The quantitative estimate of drug-likeness (QED) is 0.774. The third-order valence-electron chi connectivity index (χ3n) is 3.80. The van der Waals surface area contributed by atoms with E-state index in [9.17, 15) is 0 Å². The highest BCUT2D eigenvalue weighted by Crippen LogP contribution is 2.30. The molecule has 0 radical (unpaired) electrons. The van der Waals surface area contributed by atoms with Crippen LogP contribution >= 0.6 is 0 Å². The largest absolute Gasteiger partial charge is 0.493 e. The molecule has 100 valence electrons. The minimum Gasteiger partial charge on any atom is -0.493 e. The number of methoxy groups -OCH3 is 2. The van der Waals surface area contributed by atoms with Gasteiger partial charge in [0, 0.05) is 12.1 Å². The summed E-state index contributed by atoms with van der Waals surface area (Å²) in [4.78, 5) is 2.48. The van der Waals surface area contributed by atoms with Gasteiger partial charge in [0.05, 0.1) is 14.2 Å². The van der Waals surface area contributed by atoms with Gasteiger partial charge in [-0.1, -0.05) is 6.07 Å². The fourth-order valence-electron chi connectivity index (χ4n) is 2.33. The molecule has 1 saturated carbocycles. The van der Waals surface area contributed by atoms with E-state index in [-0.39, 0.29) is 0 Å². The van der Waals surface area contributed by atoms with Crippen LogP contribution in [-0.2, 0) is 6.42 Å². The Kier molecular flexibility index (Phi) is 4.12. The lowest BCUT2D eigenvalue weighted by atomic mass is 10.1. The number of hydrogen-bond donors (Lipinski definition) is 0. The molecule has 3 nitrogen and oxygen atoms in total. The molecule has 2 rings (SSSR count). The summed E-state index contributed by atoms with van der Waals surface area (Å²) in [7, 11) is 5.57. The van der Waals surface area contributed by atoms with E-state index >= 15 is 0 Å². The first-order chi connectivity index (χ1) is 8.65. The molecule has 0 aromatic heterocycles. The van der Waals surface area contributed by atoms with Gasteiger partial charge in [0.2, 0.25) is 0 Å². The molecule has 0 bridgehead atoms. The van der Waals surface area contributed by atoms with E-state index < -0.39 is 0 Å². The molecule has 0 heterocycles. The Morgan fingerprint density at radius 2 is 1.89 bits per heavy atom. The highest BCUT2D eigenvalue weighted by molar-refractivity contribution is 5.43. The number of hydrogen-bond acceptors (Lipinski definition) is 3. The molecule has 1 aliphatic carbocycles. The van der Waals surface area contributed by atoms with Crippen LogP contribution in [0.1, 0.15) is 25.3 Å². The predicted octanol–water partition coefficient (Wildman–Crippen LogP) is 2.73. The van der Waals surface area contributed by atoms with Gasteiger partial charge in [0.15, 0.2) is 11.5 Å². The Morgan fingerprint density at radius 3 is 2.44 bits per heavy atom.